The van der Waals surface area contributed by atoms with Gasteiger partial charge in [0, 0.05) is 11.5 Å². The Balaban J connectivity index is 1.76. The first-order chi connectivity index (χ1) is 8.41. The van der Waals surface area contributed by atoms with E-state index in [-0.39, 0.29) is 11.4 Å². The van der Waals surface area contributed by atoms with Gasteiger partial charge in [0.05, 0.1) is 16.8 Å². The smallest absolute Gasteiger partial charge is 0.345 e. The first kappa shape index (κ1) is 11.4. The van der Waals surface area contributed by atoms with Crippen LogP contribution in [-0.2, 0) is 13.2 Å². The van der Waals surface area contributed by atoms with Crippen LogP contribution in [0.4, 0.5) is 0 Å². The van der Waals surface area contributed by atoms with Gasteiger partial charge in [-0.3, -0.25) is 4.18 Å². The molecule has 0 aromatic carbocycles. The fourth-order valence-corrected chi connectivity index (χ4v) is 8.05. The van der Waals surface area contributed by atoms with Crippen molar-refractivity contribution in [2.24, 2.45) is 16.7 Å². The van der Waals surface area contributed by atoms with Gasteiger partial charge >= 0.3 is 5.97 Å². The summed E-state index contributed by atoms with van der Waals surface area (Å²) in [5.41, 5.74) is 0.618. The van der Waals surface area contributed by atoms with E-state index in [9.17, 15) is 4.79 Å². The van der Waals surface area contributed by atoms with E-state index < -0.39 is 10.6 Å². The Morgan fingerprint density at radius 1 is 1.44 bits per heavy atom. The van der Waals surface area contributed by atoms with Gasteiger partial charge in [0.15, 0.2) is 0 Å². The molecule has 2 aliphatic carbocycles. The SMILES string of the molecule is CC1=CC(=O)OS12CC13CCCC(C1O2)C3(C)C. The summed E-state index contributed by atoms with van der Waals surface area (Å²) in [6.07, 6.45) is 5.78. The van der Waals surface area contributed by atoms with Crippen LogP contribution in [-0.4, -0.2) is 17.8 Å². The molecule has 4 unspecified atom stereocenters. The standard InChI is InChI=1S/C14H20O3S/c1-9-7-11(15)16-18(9)8-14-6-4-5-10(12(14)17-18)13(14,2)3/h7,10,12H,4-6,8H2,1-3H3. The molecule has 0 aromatic rings. The van der Waals surface area contributed by atoms with Crippen molar-refractivity contribution >= 4 is 16.6 Å². The van der Waals surface area contributed by atoms with Gasteiger partial charge in [0.1, 0.15) is 0 Å². The Morgan fingerprint density at radius 3 is 2.78 bits per heavy atom. The van der Waals surface area contributed by atoms with E-state index in [0.29, 0.717) is 17.4 Å². The van der Waals surface area contributed by atoms with Crippen molar-refractivity contribution < 1.29 is 13.2 Å². The highest BCUT2D eigenvalue weighted by Crippen LogP contribution is 2.82. The van der Waals surface area contributed by atoms with Crippen LogP contribution >= 0.6 is 10.6 Å². The highest BCUT2D eigenvalue weighted by Gasteiger charge is 2.75. The molecule has 0 radical (unpaired) electrons. The van der Waals surface area contributed by atoms with Crippen LogP contribution < -0.4 is 0 Å². The van der Waals surface area contributed by atoms with Gasteiger partial charge in [-0.05, 0) is 31.1 Å². The minimum atomic E-state index is -1.71. The molecule has 1 saturated heterocycles. The van der Waals surface area contributed by atoms with Gasteiger partial charge in [-0.1, -0.05) is 20.3 Å². The van der Waals surface area contributed by atoms with E-state index in [1.54, 1.807) is 6.08 Å². The summed E-state index contributed by atoms with van der Waals surface area (Å²) in [4.78, 5) is 12.6. The second-order valence-corrected chi connectivity index (χ2v) is 9.33. The molecule has 2 bridgehead atoms. The molecule has 4 aliphatic rings. The van der Waals surface area contributed by atoms with E-state index >= 15 is 0 Å². The maximum atomic E-state index is 11.5. The van der Waals surface area contributed by atoms with Crippen molar-refractivity contribution in [1.29, 1.82) is 0 Å². The van der Waals surface area contributed by atoms with E-state index in [1.165, 1.54) is 19.3 Å². The van der Waals surface area contributed by atoms with Crippen LogP contribution in [0, 0.1) is 16.7 Å². The molecule has 2 saturated carbocycles. The monoisotopic (exact) mass is 268 g/mol. The molecule has 0 amide bonds. The van der Waals surface area contributed by atoms with Crippen LogP contribution in [0.2, 0.25) is 0 Å². The van der Waals surface area contributed by atoms with Crippen molar-refractivity contribution in [1.82, 2.24) is 0 Å². The molecule has 3 nitrogen and oxygen atoms in total. The Labute approximate surface area is 110 Å². The first-order valence-electron chi connectivity index (χ1n) is 6.82. The quantitative estimate of drug-likeness (QED) is 0.676. The van der Waals surface area contributed by atoms with Crippen molar-refractivity contribution in [2.45, 2.75) is 46.1 Å². The average Bonchev–Trinajstić information content (AvgIpc) is 2.75. The summed E-state index contributed by atoms with van der Waals surface area (Å²) >= 11 is 0. The van der Waals surface area contributed by atoms with Crippen LogP contribution in [0.3, 0.4) is 0 Å². The molecule has 0 N–H and O–H groups in total. The van der Waals surface area contributed by atoms with E-state index in [2.05, 4.69) is 13.8 Å². The third kappa shape index (κ3) is 0.989. The summed E-state index contributed by atoms with van der Waals surface area (Å²) in [5, 5.41) is 0. The van der Waals surface area contributed by atoms with E-state index in [0.717, 1.165) is 10.7 Å². The molecule has 2 heterocycles. The molecule has 4 atom stereocenters. The van der Waals surface area contributed by atoms with E-state index in [4.69, 9.17) is 8.37 Å². The van der Waals surface area contributed by atoms with Crippen molar-refractivity contribution in [2.75, 3.05) is 5.75 Å². The zero-order chi connectivity index (χ0) is 12.8. The molecule has 1 spiro atoms. The predicted octanol–water partition coefficient (Wildman–Crippen LogP) is 3.31. The lowest BCUT2D eigenvalue weighted by Gasteiger charge is -2.66. The third-order valence-electron chi connectivity index (χ3n) is 5.99. The molecular formula is C14H20O3S. The summed E-state index contributed by atoms with van der Waals surface area (Å²) < 4.78 is 12.0. The molecule has 2 aliphatic heterocycles. The van der Waals surface area contributed by atoms with Crippen LogP contribution in [0.25, 0.3) is 0 Å². The Hall–Kier alpha value is -0.480. The fraction of sp³-hybridized carbons (Fsp3) is 0.786. The zero-order valence-corrected chi connectivity index (χ0v) is 12.0. The maximum Gasteiger partial charge on any atom is 0.354 e. The molecule has 4 rings (SSSR count). The van der Waals surface area contributed by atoms with E-state index in [1.807, 2.05) is 6.92 Å². The number of hydrogen-bond donors (Lipinski definition) is 0. The predicted molar refractivity (Wildman–Crippen MR) is 70.7 cm³/mol. The van der Waals surface area contributed by atoms with Crippen LogP contribution in [0.5, 0.6) is 0 Å². The first-order valence-corrected chi connectivity index (χ1v) is 8.48. The number of carbonyl (C=O) groups is 1. The summed E-state index contributed by atoms with van der Waals surface area (Å²) in [7, 11) is -1.71. The minimum absolute atomic E-state index is 0.201. The largest absolute Gasteiger partial charge is 0.354 e. The lowest BCUT2D eigenvalue weighted by molar-refractivity contribution is -0.219. The third-order valence-corrected chi connectivity index (χ3v) is 8.94. The molecular weight excluding hydrogens is 248 g/mol. The van der Waals surface area contributed by atoms with Gasteiger partial charge in [0.2, 0.25) is 0 Å². The van der Waals surface area contributed by atoms with Crippen molar-refractivity contribution in [3.8, 4) is 0 Å². The highest BCUT2D eigenvalue weighted by molar-refractivity contribution is 8.29. The minimum Gasteiger partial charge on any atom is -0.345 e. The Bertz CT molecular complexity index is 483. The zero-order valence-electron chi connectivity index (χ0n) is 11.2. The van der Waals surface area contributed by atoms with Gasteiger partial charge < -0.3 is 4.18 Å². The van der Waals surface area contributed by atoms with Gasteiger partial charge in [-0.15, -0.1) is 10.6 Å². The summed E-state index contributed by atoms with van der Waals surface area (Å²) in [6, 6.07) is 0. The topological polar surface area (TPSA) is 35.5 Å². The van der Waals surface area contributed by atoms with Crippen molar-refractivity contribution in [3.63, 3.8) is 0 Å². The van der Waals surface area contributed by atoms with Gasteiger partial charge in [-0.25, -0.2) is 4.79 Å². The molecule has 0 aromatic heterocycles. The normalized spacial score (nSPS) is 55.3. The fourth-order valence-electron chi connectivity index (χ4n) is 4.77. The number of hydrogen-bond acceptors (Lipinski definition) is 3. The highest BCUT2D eigenvalue weighted by atomic mass is 32.3. The second kappa shape index (κ2) is 2.98. The average molecular weight is 268 g/mol. The Kier molecular flexibility index (Phi) is 1.88. The van der Waals surface area contributed by atoms with Crippen molar-refractivity contribution in [3.05, 3.63) is 11.0 Å². The second-order valence-electron chi connectivity index (χ2n) is 6.81. The number of rotatable bonds is 0. The molecule has 18 heavy (non-hydrogen) atoms. The number of carbonyl (C=O) groups excluding carboxylic acids is 1. The molecule has 3 fully saturated rings. The maximum absolute atomic E-state index is 11.5. The van der Waals surface area contributed by atoms with Crippen LogP contribution in [0.15, 0.2) is 11.0 Å². The number of allylic oxidation sites excluding steroid dienone is 1. The van der Waals surface area contributed by atoms with Crippen LogP contribution in [0.1, 0.15) is 40.0 Å². The molecule has 4 heteroatoms. The van der Waals surface area contributed by atoms with Gasteiger partial charge in [0.25, 0.3) is 0 Å². The molecule has 100 valence electrons. The lowest BCUT2D eigenvalue weighted by Crippen LogP contribution is -2.67. The Morgan fingerprint density at radius 2 is 2.22 bits per heavy atom. The summed E-state index contributed by atoms with van der Waals surface area (Å²) in [6.45, 7) is 6.76. The lowest BCUT2D eigenvalue weighted by atomic mass is 9.39. The van der Waals surface area contributed by atoms with Gasteiger partial charge in [-0.2, -0.15) is 0 Å². The summed E-state index contributed by atoms with van der Waals surface area (Å²) in [5.74, 6) is 1.40.